The number of aryl methyl sites for hydroxylation is 1. The fourth-order valence-electron chi connectivity index (χ4n) is 2.70. The first-order chi connectivity index (χ1) is 10.2. The summed E-state index contributed by atoms with van der Waals surface area (Å²) < 4.78 is 10.3. The van der Waals surface area contributed by atoms with Crippen molar-refractivity contribution in [1.82, 2.24) is 0 Å². The fraction of sp³-hybridized carbons (Fsp3) is 0.562. The Balaban J connectivity index is 2.10. The number of ether oxygens (including phenoxy) is 2. The third-order valence-corrected chi connectivity index (χ3v) is 3.85. The van der Waals surface area contributed by atoms with Crippen molar-refractivity contribution < 1.29 is 14.3 Å². The van der Waals surface area contributed by atoms with Crippen LogP contribution in [0.4, 0.5) is 5.69 Å². The zero-order valence-corrected chi connectivity index (χ0v) is 12.8. The topological polar surface area (TPSA) is 64.8 Å². The molecule has 1 aromatic carbocycles. The SMILES string of the molecule is COCCCC(N)C(=O)N1CCCc2cc(OC)ccc21. The van der Waals surface area contributed by atoms with Crippen LogP contribution in [0.2, 0.25) is 0 Å². The second-order valence-electron chi connectivity index (χ2n) is 5.33. The Kier molecular flexibility index (Phi) is 5.59. The van der Waals surface area contributed by atoms with E-state index in [9.17, 15) is 4.79 Å². The minimum Gasteiger partial charge on any atom is -0.497 e. The Bertz CT molecular complexity index is 490. The summed E-state index contributed by atoms with van der Waals surface area (Å²) in [5.74, 6) is 0.824. The lowest BCUT2D eigenvalue weighted by Crippen LogP contribution is -2.46. The Labute approximate surface area is 126 Å². The number of rotatable bonds is 6. The van der Waals surface area contributed by atoms with E-state index >= 15 is 0 Å². The van der Waals surface area contributed by atoms with Crippen LogP contribution in [0.1, 0.15) is 24.8 Å². The molecule has 0 spiro atoms. The first-order valence-electron chi connectivity index (χ1n) is 7.40. The monoisotopic (exact) mass is 292 g/mol. The van der Waals surface area contributed by atoms with Crippen molar-refractivity contribution in [2.24, 2.45) is 5.73 Å². The number of nitrogens with two attached hydrogens (primary N) is 1. The highest BCUT2D eigenvalue weighted by atomic mass is 16.5. The number of nitrogens with zero attached hydrogens (tertiary/aromatic N) is 1. The summed E-state index contributed by atoms with van der Waals surface area (Å²) in [5.41, 5.74) is 8.15. The van der Waals surface area contributed by atoms with Gasteiger partial charge in [-0.15, -0.1) is 0 Å². The Morgan fingerprint density at radius 2 is 2.24 bits per heavy atom. The van der Waals surface area contributed by atoms with Crippen LogP contribution in [0.5, 0.6) is 5.75 Å². The number of carbonyl (C=O) groups excluding carboxylic acids is 1. The molecule has 0 saturated carbocycles. The zero-order valence-electron chi connectivity index (χ0n) is 12.8. The number of carbonyl (C=O) groups is 1. The van der Waals surface area contributed by atoms with Crippen molar-refractivity contribution in [3.63, 3.8) is 0 Å². The maximum Gasteiger partial charge on any atom is 0.243 e. The van der Waals surface area contributed by atoms with E-state index in [1.54, 1.807) is 14.2 Å². The molecule has 1 atom stereocenters. The van der Waals surface area contributed by atoms with Gasteiger partial charge in [-0.1, -0.05) is 0 Å². The van der Waals surface area contributed by atoms with Crippen LogP contribution in [0.15, 0.2) is 18.2 Å². The van der Waals surface area contributed by atoms with Crippen molar-refractivity contribution in [2.45, 2.75) is 31.7 Å². The van der Waals surface area contributed by atoms with Gasteiger partial charge < -0.3 is 20.1 Å². The molecule has 0 radical (unpaired) electrons. The lowest BCUT2D eigenvalue weighted by atomic mass is 10.00. The highest BCUT2D eigenvalue weighted by Crippen LogP contribution is 2.30. The Hall–Kier alpha value is -1.59. The van der Waals surface area contributed by atoms with Gasteiger partial charge in [0.25, 0.3) is 0 Å². The number of methoxy groups -OCH3 is 2. The summed E-state index contributed by atoms with van der Waals surface area (Å²) in [5, 5.41) is 0. The Morgan fingerprint density at radius 1 is 1.43 bits per heavy atom. The van der Waals surface area contributed by atoms with Crippen LogP contribution in [-0.2, 0) is 16.0 Å². The average Bonchev–Trinajstić information content (AvgIpc) is 2.53. The van der Waals surface area contributed by atoms with E-state index < -0.39 is 6.04 Å². The molecule has 5 nitrogen and oxygen atoms in total. The largest absolute Gasteiger partial charge is 0.497 e. The molecule has 1 aliphatic rings. The van der Waals surface area contributed by atoms with Crippen LogP contribution in [0, 0.1) is 0 Å². The van der Waals surface area contributed by atoms with E-state index in [0.29, 0.717) is 13.0 Å². The van der Waals surface area contributed by atoms with Gasteiger partial charge in [-0.25, -0.2) is 0 Å². The molecule has 1 aromatic rings. The fourth-order valence-corrected chi connectivity index (χ4v) is 2.70. The van der Waals surface area contributed by atoms with Gasteiger partial charge in [-0.3, -0.25) is 4.79 Å². The molecule has 0 bridgehead atoms. The summed E-state index contributed by atoms with van der Waals surface area (Å²) in [6.45, 7) is 1.37. The van der Waals surface area contributed by atoms with Crippen molar-refractivity contribution >= 4 is 11.6 Å². The van der Waals surface area contributed by atoms with Crippen molar-refractivity contribution in [1.29, 1.82) is 0 Å². The highest BCUT2D eigenvalue weighted by molar-refractivity contribution is 5.98. The van der Waals surface area contributed by atoms with Gasteiger partial charge >= 0.3 is 0 Å². The summed E-state index contributed by atoms with van der Waals surface area (Å²) in [4.78, 5) is 14.4. The van der Waals surface area contributed by atoms with Crippen LogP contribution >= 0.6 is 0 Å². The molecule has 2 N–H and O–H groups in total. The lowest BCUT2D eigenvalue weighted by Gasteiger charge is -2.31. The van der Waals surface area contributed by atoms with E-state index in [-0.39, 0.29) is 5.91 Å². The van der Waals surface area contributed by atoms with Crippen molar-refractivity contribution in [2.75, 3.05) is 32.3 Å². The quantitative estimate of drug-likeness (QED) is 0.811. The van der Waals surface area contributed by atoms with Gasteiger partial charge in [0.1, 0.15) is 5.75 Å². The van der Waals surface area contributed by atoms with Gasteiger partial charge in [0.05, 0.1) is 13.2 Å². The molecule has 116 valence electrons. The minimum absolute atomic E-state index is 0.00257. The van der Waals surface area contributed by atoms with Gasteiger partial charge in [0.15, 0.2) is 0 Å². The molecule has 1 heterocycles. The van der Waals surface area contributed by atoms with E-state index in [2.05, 4.69) is 0 Å². The maximum atomic E-state index is 12.5. The van der Waals surface area contributed by atoms with Gasteiger partial charge in [0, 0.05) is 25.9 Å². The van der Waals surface area contributed by atoms with Crippen molar-refractivity contribution in [3.8, 4) is 5.75 Å². The third kappa shape index (κ3) is 3.74. The number of hydrogen-bond donors (Lipinski definition) is 1. The van der Waals surface area contributed by atoms with E-state index in [1.807, 2.05) is 23.1 Å². The van der Waals surface area contributed by atoms with Gasteiger partial charge in [0.2, 0.25) is 5.91 Å². The molecule has 0 saturated heterocycles. The van der Waals surface area contributed by atoms with E-state index in [1.165, 1.54) is 0 Å². The summed E-state index contributed by atoms with van der Waals surface area (Å²) in [7, 11) is 3.31. The number of fused-ring (bicyclic) bond motifs is 1. The molecule has 5 heteroatoms. The third-order valence-electron chi connectivity index (χ3n) is 3.85. The van der Waals surface area contributed by atoms with Crippen LogP contribution in [-0.4, -0.2) is 39.3 Å². The van der Waals surface area contributed by atoms with Crippen LogP contribution < -0.4 is 15.4 Å². The van der Waals surface area contributed by atoms with Gasteiger partial charge in [-0.05, 0) is 49.4 Å². The predicted octanol–water partition coefficient (Wildman–Crippen LogP) is 1.73. The molecule has 1 aliphatic heterocycles. The molecule has 1 unspecified atom stereocenters. The zero-order chi connectivity index (χ0) is 15.2. The average molecular weight is 292 g/mol. The molecule has 1 amide bonds. The van der Waals surface area contributed by atoms with Crippen LogP contribution in [0.3, 0.4) is 0 Å². The predicted molar refractivity (Wildman–Crippen MR) is 82.8 cm³/mol. The normalized spacial score (nSPS) is 15.5. The highest BCUT2D eigenvalue weighted by Gasteiger charge is 2.26. The van der Waals surface area contributed by atoms with E-state index in [0.717, 1.165) is 42.8 Å². The summed E-state index contributed by atoms with van der Waals surface area (Å²) in [6, 6.07) is 5.38. The number of hydrogen-bond acceptors (Lipinski definition) is 4. The van der Waals surface area contributed by atoms with Gasteiger partial charge in [-0.2, -0.15) is 0 Å². The smallest absolute Gasteiger partial charge is 0.243 e. The first kappa shape index (κ1) is 15.8. The molecular weight excluding hydrogens is 268 g/mol. The molecule has 0 fully saturated rings. The second-order valence-corrected chi connectivity index (χ2v) is 5.33. The van der Waals surface area contributed by atoms with Crippen LogP contribution in [0.25, 0.3) is 0 Å². The lowest BCUT2D eigenvalue weighted by molar-refractivity contribution is -0.120. The molecular formula is C16H24N2O3. The molecule has 2 rings (SSSR count). The number of amides is 1. The summed E-state index contributed by atoms with van der Waals surface area (Å²) >= 11 is 0. The van der Waals surface area contributed by atoms with E-state index in [4.69, 9.17) is 15.2 Å². The first-order valence-corrected chi connectivity index (χ1v) is 7.40. The standard InChI is InChI=1S/C16H24N2O3/c1-20-10-4-6-14(17)16(19)18-9-3-5-12-11-13(21-2)7-8-15(12)18/h7-8,11,14H,3-6,9-10,17H2,1-2H3. The maximum absolute atomic E-state index is 12.5. The number of benzene rings is 1. The molecule has 0 aromatic heterocycles. The minimum atomic E-state index is -0.465. The summed E-state index contributed by atoms with van der Waals surface area (Å²) in [6.07, 6.45) is 3.37. The molecule has 21 heavy (non-hydrogen) atoms. The number of anilines is 1. The Morgan fingerprint density at radius 3 is 2.95 bits per heavy atom. The van der Waals surface area contributed by atoms with Crippen molar-refractivity contribution in [3.05, 3.63) is 23.8 Å². The second kappa shape index (κ2) is 7.43. The molecule has 0 aliphatic carbocycles.